The Balaban J connectivity index is 1.59. The van der Waals surface area contributed by atoms with Crippen LogP contribution in [0.3, 0.4) is 0 Å². The summed E-state index contributed by atoms with van der Waals surface area (Å²) in [5, 5.41) is 11.8. The molecule has 24 heavy (non-hydrogen) atoms. The van der Waals surface area contributed by atoms with Crippen LogP contribution in [0.4, 0.5) is 0 Å². The van der Waals surface area contributed by atoms with E-state index in [0.717, 1.165) is 18.4 Å². The maximum absolute atomic E-state index is 12.4. The Kier molecular flexibility index (Phi) is 4.94. The molecule has 0 aliphatic heterocycles. The van der Waals surface area contributed by atoms with Crippen molar-refractivity contribution in [2.45, 2.75) is 19.3 Å². The van der Waals surface area contributed by atoms with E-state index in [2.05, 4.69) is 17.4 Å². The van der Waals surface area contributed by atoms with E-state index in [1.165, 1.54) is 5.56 Å². The Hall–Kier alpha value is -2.62. The summed E-state index contributed by atoms with van der Waals surface area (Å²) >= 11 is 0. The van der Waals surface area contributed by atoms with E-state index >= 15 is 0 Å². The third kappa shape index (κ3) is 4.02. The summed E-state index contributed by atoms with van der Waals surface area (Å²) in [5.41, 5.74) is 2.94. The minimum absolute atomic E-state index is 0.0722. The topological polar surface area (TPSA) is 66.4 Å². The number of aliphatic carboxylic acids is 1. The van der Waals surface area contributed by atoms with Gasteiger partial charge < -0.3 is 10.4 Å². The number of carboxylic acid groups (broad SMARTS) is 1. The van der Waals surface area contributed by atoms with E-state index in [0.29, 0.717) is 18.5 Å². The molecule has 2 atom stereocenters. The summed E-state index contributed by atoms with van der Waals surface area (Å²) in [4.78, 5) is 23.3. The van der Waals surface area contributed by atoms with Crippen molar-refractivity contribution in [3.05, 3.63) is 71.3 Å². The molecule has 0 spiro atoms. The van der Waals surface area contributed by atoms with Crippen LogP contribution in [0.2, 0.25) is 0 Å². The molecule has 0 aromatic heterocycles. The predicted octanol–water partition coefficient (Wildman–Crippen LogP) is 2.92. The van der Waals surface area contributed by atoms with E-state index in [4.69, 9.17) is 5.11 Å². The first-order valence-electron chi connectivity index (χ1n) is 8.28. The molecule has 2 aromatic rings. The van der Waals surface area contributed by atoms with Crippen molar-refractivity contribution in [1.29, 1.82) is 0 Å². The minimum Gasteiger partial charge on any atom is -0.481 e. The molecule has 2 N–H and O–H groups in total. The van der Waals surface area contributed by atoms with Crippen molar-refractivity contribution >= 4 is 11.9 Å². The van der Waals surface area contributed by atoms with Crippen LogP contribution in [0, 0.1) is 11.8 Å². The van der Waals surface area contributed by atoms with Crippen LogP contribution in [0.1, 0.15) is 27.9 Å². The summed E-state index contributed by atoms with van der Waals surface area (Å²) in [6, 6.07) is 17.8. The zero-order valence-corrected chi connectivity index (χ0v) is 13.4. The second kappa shape index (κ2) is 7.30. The molecular weight excluding hydrogens is 302 g/mol. The van der Waals surface area contributed by atoms with Gasteiger partial charge in [-0.15, -0.1) is 0 Å². The molecule has 3 rings (SSSR count). The lowest BCUT2D eigenvalue weighted by atomic mass is 9.99. The van der Waals surface area contributed by atoms with Crippen LogP contribution in [-0.2, 0) is 17.6 Å². The number of benzene rings is 2. The van der Waals surface area contributed by atoms with E-state index in [9.17, 15) is 9.59 Å². The molecule has 0 radical (unpaired) electrons. The first-order valence-corrected chi connectivity index (χ1v) is 8.28. The molecule has 1 amide bonds. The molecular formula is C20H21NO3. The maximum atomic E-state index is 12.4. The zero-order chi connectivity index (χ0) is 16.9. The summed E-state index contributed by atoms with van der Waals surface area (Å²) < 4.78 is 0. The molecule has 0 bridgehead atoms. The van der Waals surface area contributed by atoms with Crippen molar-refractivity contribution in [2.24, 2.45) is 11.8 Å². The third-order valence-corrected chi connectivity index (χ3v) is 4.55. The van der Waals surface area contributed by atoms with Gasteiger partial charge in [0.25, 0.3) is 5.91 Å². The average Bonchev–Trinajstić information content (AvgIpc) is 3.39. The van der Waals surface area contributed by atoms with E-state index in [1.54, 1.807) is 0 Å². The molecule has 0 saturated heterocycles. The molecule has 124 valence electrons. The largest absolute Gasteiger partial charge is 0.481 e. The fraction of sp³-hybridized carbons (Fsp3) is 0.300. The first kappa shape index (κ1) is 16.2. The number of hydrogen-bond acceptors (Lipinski definition) is 2. The Morgan fingerprint density at radius 1 is 1.00 bits per heavy atom. The molecule has 1 saturated carbocycles. The van der Waals surface area contributed by atoms with Crippen LogP contribution in [0.5, 0.6) is 0 Å². The van der Waals surface area contributed by atoms with Gasteiger partial charge in [-0.25, -0.2) is 0 Å². The van der Waals surface area contributed by atoms with Crippen LogP contribution in [0.25, 0.3) is 0 Å². The number of amides is 1. The van der Waals surface area contributed by atoms with Gasteiger partial charge in [0.2, 0.25) is 0 Å². The molecule has 1 aliphatic rings. The summed E-state index contributed by atoms with van der Waals surface area (Å²) in [5.74, 6) is -1.10. The van der Waals surface area contributed by atoms with Crippen molar-refractivity contribution in [2.75, 3.05) is 6.54 Å². The summed E-state index contributed by atoms with van der Waals surface area (Å²) in [7, 11) is 0. The Labute approximate surface area is 141 Å². The predicted molar refractivity (Wildman–Crippen MR) is 91.9 cm³/mol. The average molecular weight is 323 g/mol. The maximum Gasteiger partial charge on any atom is 0.306 e. The molecule has 1 fully saturated rings. The van der Waals surface area contributed by atoms with Crippen LogP contribution < -0.4 is 5.32 Å². The fourth-order valence-corrected chi connectivity index (χ4v) is 2.98. The summed E-state index contributed by atoms with van der Waals surface area (Å²) in [6.07, 6.45) is 2.34. The Morgan fingerprint density at radius 2 is 1.71 bits per heavy atom. The number of aryl methyl sites for hydroxylation is 2. The van der Waals surface area contributed by atoms with Gasteiger partial charge in [-0.05, 0) is 42.4 Å². The van der Waals surface area contributed by atoms with Crippen molar-refractivity contribution in [3.63, 3.8) is 0 Å². The van der Waals surface area contributed by atoms with E-state index in [1.807, 2.05) is 42.5 Å². The highest BCUT2D eigenvalue weighted by atomic mass is 16.4. The van der Waals surface area contributed by atoms with Gasteiger partial charge in [-0.2, -0.15) is 0 Å². The highest BCUT2D eigenvalue weighted by Crippen LogP contribution is 2.37. The number of rotatable bonds is 7. The lowest BCUT2D eigenvalue weighted by Gasteiger charge is -2.10. The SMILES string of the molecule is O=C(NC[C@H]1C[C@H]1C(=O)O)c1ccccc1CCc1ccccc1. The second-order valence-electron chi connectivity index (χ2n) is 6.29. The van der Waals surface area contributed by atoms with Gasteiger partial charge in [0.15, 0.2) is 0 Å². The number of carboxylic acids is 1. The Morgan fingerprint density at radius 3 is 2.42 bits per heavy atom. The van der Waals surface area contributed by atoms with Gasteiger partial charge in [-0.1, -0.05) is 48.5 Å². The smallest absolute Gasteiger partial charge is 0.306 e. The van der Waals surface area contributed by atoms with Crippen LogP contribution >= 0.6 is 0 Å². The molecule has 4 heteroatoms. The second-order valence-corrected chi connectivity index (χ2v) is 6.29. The standard InChI is InChI=1S/C20H21NO3/c22-19(21-13-16-12-18(16)20(23)24)17-9-5-4-8-15(17)11-10-14-6-2-1-3-7-14/h1-9,16,18H,10-13H2,(H,21,22)(H,23,24)/t16-,18-/m1/s1. The number of carbonyl (C=O) groups is 2. The van der Waals surface area contributed by atoms with Crippen LogP contribution in [-0.4, -0.2) is 23.5 Å². The fourth-order valence-electron chi connectivity index (χ4n) is 2.98. The van der Waals surface area contributed by atoms with Gasteiger partial charge in [-0.3, -0.25) is 9.59 Å². The molecule has 2 aromatic carbocycles. The minimum atomic E-state index is -0.766. The van der Waals surface area contributed by atoms with Gasteiger partial charge in [0.05, 0.1) is 5.92 Å². The van der Waals surface area contributed by atoms with Crippen LogP contribution in [0.15, 0.2) is 54.6 Å². The number of hydrogen-bond donors (Lipinski definition) is 2. The Bertz CT molecular complexity index is 727. The number of nitrogens with one attached hydrogen (secondary N) is 1. The van der Waals surface area contributed by atoms with Gasteiger partial charge in [0, 0.05) is 12.1 Å². The highest BCUT2D eigenvalue weighted by molar-refractivity contribution is 5.95. The third-order valence-electron chi connectivity index (χ3n) is 4.55. The molecule has 0 heterocycles. The molecule has 4 nitrogen and oxygen atoms in total. The van der Waals surface area contributed by atoms with Gasteiger partial charge >= 0.3 is 5.97 Å². The monoisotopic (exact) mass is 323 g/mol. The summed E-state index contributed by atoms with van der Waals surface area (Å²) in [6.45, 7) is 0.433. The zero-order valence-electron chi connectivity index (χ0n) is 13.4. The molecule has 1 aliphatic carbocycles. The van der Waals surface area contributed by atoms with Gasteiger partial charge in [0.1, 0.15) is 0 Å². The van der Waals surface area contributed by atoms with E-state index in [-0.39, 0.29) is 17.7 Å². The van der Waals surface area contributed by atoms with Crippen molar-refractivity contribution < 1.29 is 14.7 Å². The lowest BCUT2D eigenvalue weighted by molar-refractivity contribution is -0.138. The first-order chi connectivity index (χ1) is 11.6. The van der Waals surface area contributed by atoms with E-state index < -0.39 is 5.97 Å². The molecule has 0 unspecified atom stereocenters. The highest BCUT2D eigenvalue weighted by Gasteiger charge is 2.43. The van der Waals surface area contributed by atoms with Crippen molar-refractivity contribution in [3.8, 4) is 0 Å². The van der Waals surface area contributed by atoms with Crippen molar-refractivity contribution in [1.82, 2.24) is 5.32 Å². The quantitative estimate of drug-likeness (QED) is 0.823. The normalized spacial score (nSPS) is 18.8. The lowest BCUT2D eigenvalue weighted by Crippen LogP contribution is -2.27. The number of carbonyl (C=O) groups excluding carboxylic acids is 1.